The maximum absolute atomic E-state index is 13.6. The number of rotatable bonds is 6. The van der Waals surface area contributed by atoms with Crippen molar-refractivity contribution in [3.8, 4) is 5.75 Å². The number of nitrogens with zero attached hydrogens (tertiary/aromatic N) is 1. The van der Waals surface area contributed by atoms with Gasteiger partial charge >= 0.3 is 0 Å². The van der Waals surface area contributed by atoms with Crippen LogP contribution in [0.25, 0.3) is 5.57 Å². The molecule has 2 amide bonds. The quantitative estimate of drug-likeness (QED) is 0.171. The van der Waals surface area contributed by atoms with Crippen LogP contribution in [-0.2, 0) is 14.8 Å². The van der Waals surface area contributed by atoms with Crippen molar-refractivity contribution in [2.75, 3.05) is 14.9 Å². The Morgan fingerprint density at radius 2 is 1.38 bits per heavy atom. The van der Waals surface area contributed by atoms with Gasteiger partial charge in [-0.25, -0.2) is 13.3 Å². The summed E-state index contributed by atoms with van der Waals surface area (Å²) in [5.74, 6) is -0.832. The highest BCUT2D eigenvalue weighted by atomic mass is 32.2. The number of carbonyl (C=O) groups is 2. The van der Waals surface area contributed by atoms with Gasteiger partial charge < -0.3 is 10.4 Å². The number of aromatic hydroxyl groups is 1. The molecule has 0 aliphatic carbocycles. The zero-order valence-electron chi connectivity index (χ0n) is 21.2. The second-order valence-electron chi connectivity index (χ2n) is 9.14. The Balaban J connectivity index is 1.42. The monoisotopic (exact) mass is 539 g/mol. The minimum absolute atomic E-state index is 0.0306. The topological polar surface area (TPSA) is 116 Å². The molecular weight excluding hydrogens is 514 g/mol. The van der Waals surface area contributed by atoms with E-state index in [9.17, 15) is 23.1 Å². The molecule has 4 aromatic rings. The zero-order chi connectivity index (χ0) is 27.7. The van der Waals surface area contributed by atoms with Crippen LogP contribution < -0.4 is 14.9 Å². The maximum Gasteiger partial charge on any atom is 0.267 e. The number of fused-ring (bicyclic) bond motifs is 1. The molecule has 9 heteroatoms. The van der Waals surface area contributed by atoms with E-state index in [1.54, 1.807) is 42.5 Å². The molecule has 8 nitrogen and oxygen atoms in total. The van der Waals surface area contributed by atoms with Crippen molar-refractivity contribution >= 4 is 44.5 Å². The molecule has 5 rings (SSSR count). The number of aryl methyl sites for hydroxylation is 2. The van der Waals surface area contributed by atoms with Crippen LogP contribution in [-0.4, -0.2) is 25.3 Å². The lowest BCUT2D eigenvalue weighted by Gasteiger charge is -2.29. The number of phenols is 1. The molecule has 0 bridgehead atoms. The van der Waals surface area contributed by atoms with Crippen molar-refractivity contribution < 1.29 is 23.1 Å². The summed E-state index contributed by atoms with van der Waals surface area (Å²) in [6.45, 7) is 3.89. The number of carbonyl (C=O) groups excluding carboxylic acids is 2. The molecule has 0 atom stereocenters. The van der Waals surface area contributed by atoms with Crippen LogP contribution in [0.5, 0.6) is 5.75 Å². The zero-order valence-corrected chi connectivity index (χ0v) is 22.0. The number of hydrogen-bond donors (Lipinski definition) is 3. The molecule has 0 saturated carbocycles. The van der Waals surface area contributed by atoms with Crippen LogP contribution in [0.3, 0.4) is 0 Å². The van der Waals surface area contributed by atoms with Crippen molar-refractivity contribution in [1.29, 1.82) is 0 Å². The summed E-state index contributed by atoms with van der Waals surface area (Å²) in [5.41, 5.74) is 4.59. The van der Waals surface area contributed by atoms with Gasteiger partial charge in [-0.1, -0.05) is 24.3 Å². The number of sulfonamides is 1. The van der Waals surface area contributed by atoms with E-state index in [4.69, 9.17) is 0 Å². The Kier molecular flexibility index (Phi) is 6.67. The Morgan fingerprint density at radius 3 is 2.05 bits per heavy atom. The maximum atomic E-state index is 13.6. The SMILES string of the molecule is Cc1ccc(N2C(=O)/C(=C/Nc3ccc(S(=O)(=O)Nc4ccc(O)cc4)cc3)c3ccccc3C2=O)cc1C. The predicted octanol–water partition coefficient (Wildman–Crippen LogP) is 5.45. The Morgan fingerprint density at radius 1 is 0.744 bits per heavy atom. The lowest BCUT2D eigenvalue weighted by Crippen LogP contribution is -2.42. The molecule has 0 spiro atoms. The highest BCUT2D eigenvalue weighted by Gasteiger charge is 2.36. The van der Waals surface area contributed by atoms with Crippen molar-refractivity contribution in [1.82, 2.24) is 0 Å². The Hall–Kier alpha value is -4.89. The first-order valence-corrected chi connectivity index (χ1v) is 13.6. The van der Waals surface area contributed by atoms with Gasteiger partial charge in [-0.05, 0) is 91.7 Å². The molecule has 0 unspecified atom stereocenters. The summed E-state index contributed by atoms with van der Waals surface area (Å²) in [7, 11) is -3.85. The summed E-state index contributed by atoms with van der Waals surface area (Å²) in [4.78, 5) is 28.1. The van der Waals surface area contributed by atoms with E-state index < -0.39 is 21.8 Å². The molecule has 196 valence electrons. The number of benzene rings is 4. The van der Waals surface area contributed by atoms with Gasteiger partial charge in [0.2, 0.25) is 0 Å². The van der Waals surface area contributed by atoms with Gasteiger partial charge in [0.05, 0.1) is 16.2 Å². The summed E-state index contributed by atoms with van der Waals surface area (Å²) in [6.07, 6.45) is 1.53. The van der Waals surface area contributed by atoms with E-state index in [-0.39, 0.29) is 10.6 Å². The van der Waals surface area contributed by atoms with Gasteiger partial charge in [0, 0.05) is 28.7 Å². The van der Waals surface area contributed by atoms with Crippen LogP contribution in [0.2, 0.25) is 0 Å². The summed E-state index contributed by atoms with van der Waals surface area (Å²) in [5, 5.41) is 12.5. The van der Waals surface area contributed by atoms with Gasteiger partial charge in [-0.2, -0.15) is 0 Å². The third-order valence-electron chi connectivity index (χ3n) is 6.50. The molecule has 39 heavy (non-hydrogen) atoms. The lowest BCUT2D eigenvalue weighted by molar-refractivity contribution is -0.112. The van der Waals surface area contributed by atoms with Gasteiger partial charge in [0.25, 0.3) is 21.8 Å². The van der Waals surface area contributed by atoms with Crippen LogP contribution >= 0.6 is 0 Å². The number of anilines is 3. The van der Waals surface area contributed by atoms with Crippen molar-refractivity contribution in [3.63, 3.8) is 0 Å². The van der Waals surface area contributed by atoms with E-state index in [1.165, 1.54) is 47.5 Å². The van der Waals surface area contributed by atoms with Gasteiger partial charge in [0.1, 0.15) is 5.75 Å². The molecular formula is C30H25N3O5S. The normalized spacial score (nSPS) is 14.3. The molecule has 0 saturated heterocycles. The van der Waals surface area contributed by atoms with E-state index in [2.05, 4.69) is 10.0 Å². The highest BCUT2D eigenvalue weighted by molar-refractivity contribution is 7.92. The smallest absolute Gasteiger partial charge is 0.267 e. The molecule has 0 aromatic heterocycles. The summed E-state index contributed by atoms with van der Waals surface area (Å²) >= 11 is 0. The van der Waals surface area contributed by atoms with Gasteiger partial charge in [-0.3, -0.25) is 14.3 Å². The third kappa shape index (κ3) is 5.12. The number of imide groups is 1. The van der Waals surface area contributed by atoms with Crippen LogP contribution in [0.4, 0.5) is 17.1 Å². The summed E-state index contributed by atoms with van der Waals surface area (Å²) in [6, 6.07) is 24.1. The van der Waals surface area contributed by atoms with E-state index in [1.807, 2.05) is 26.0 Å². The fourth-order valence-electron chi connectivity index (χ4n) is 4.22. The van der Waals surface area contributed by atoms with Crippen molar-refractivity contribution in [2.24, 2.45) is 0 Å². The van der Waals surface area contributed by atoms with Crippen molar-refractivity contribution in [2.45, 2.75) is 18.7 Å². The molecule has 1 heterocycles. The van der Waals surface area contributed by atoms with Gasteiger partial charge in [0.15, 0.2) is 0 Å². The first-order valence-electron chi connectivity index (χ1n) is 12.1. The number of hydrogen-bond acceptors (Lipinski definition) is 6. The fraction of sp³-hybridized carbons (Fsp3) is 0.0667. The second-order valence-corrected chi connectivity index (χ2v) is 10.8. The average molecular weight is 540 g/mol. The standard InChI is InChI=1S/C30H25N3O5S/c1-19-7-12-23(17-20(19)2)33-29(35)27-6-4-3-5-26(27)28(30(33)36)18-31-21-10-15-25(16-11-21)39(37,38)32-22-8-13-24(34)14-9-22/h3-18,31-32,34H,1-2H3/b28-18+. The fourth-order valence-corrected chi connectivity index (χ4v) is 5.28. The number of nitrogens with one attached hydrogen (secondary N) is 2. The molecule has 4 aromatic carbocycles. The van der Waals surface area contributed by atoms with Crippen molar-refractivity contribution in [3.05, 3.63) is 119 Å². The first kappa shape index (κ1) is 25.7. The minimum Gasteiger partial charge on any atom is -0.508 e. The largest absolute Gasteiger partial charge is 0.508 e. The second kappa shape index (κ2) is 10.1. The Labute approximate surface area is 226 Å². The average Bonchev–Trinajstić information content (AvgIpc) is 2.92. The summed E-state index contributed by atoms with van der Waals surface area (Å²) < 4.78 is 27.9. The van der Waals surface area contributed by atoms with E-state index >= 15 is 0 Å². The predicted molar refractivity (Wildman–Crippen MR) is 151 cm³/mol. The molecule has 0 fully saturated rings. The van der Waals surface area contributed by atoms with E-state index in [0.717, 1.165) is 11.1 Å². The minimum atomic E-state index is -3.85. The molecule has 3 N–H and O–H groups in total. The molecule has 1 aliphatic rings. The van der Waals surface area contributed by atoms with E-state index in [0.29, 0.717) is 33.8 Å². The third-order valence-corrected chi connectivity index (χ3v) is 7.90. The Bertz CT molecular complexity index is 1730. The number of phenolic OH excluding ortho intramolecular Hbond substituents is 1. The molecule has 0 radical (unpaired) electrons. The lowest BCUT2D eigenvalue weighted by atomic mass is 9.93. The first-order chi connectivity index (χ1) is 18.6. The van der Waals surface area contributed by atoms with Crippen LogP contribution in [0, 0.1) is 13.8 Å². The van der Waals surface area contributed by atoms with Crippen LogP contribution in [0.15, 0.2) is 102 Å². The van der Waals surface area contributed by atoms with Gasteiger partial charge in [-0.15, -0.1) is 0 Å². The molecule has 1 aliphatic heterocycles. The number of amides is 2. The highest BCUT2D eigenvalue weighted by Crippen LogP contribution is 2.33. The van der Waals surface area contributed by atoms with Crippen LogP contribution in [0.1, 0.15) is 27.0 Å².